The summed E-state index contributed by atoms with van der Waals surface area (Å²) in [7, 11) is 0. The molecule has 0 aliphatic rings. The van der Waals surface area contributed by atoms with Crippen molar-refractivity contribution in [2.75, 3.05) is 0 Å². The minimum Gasteiger partial charge on any atom is -0.480 e. The first kappa shape index (κ1) is 15.2. The minimum absolute atomic E-state index is 0.352. The number of aliphatic carboxylic acids is 1. The van der Waals surface area contributed by atoms with E-state index in [1.807, 2.05) is 30.3 Å². The molecule has 0 unspecified atom stereocenters. The quantitative estimate of drug-likeness (QED) is 0.803. The highest BCUT2D eigenvalue weighted by Crippen LogP contribution is 2.29. The van der Waals surface area contributed by atoms with E-state index in [2.05, 4.69) is 0 Å². The molecule has 20 heavy (non-hydrogen) atoms. The summed E-state index contributed by atoms with van der Waals surface area (Å²) in [6.07, 6.45) is 0.352. The Balaban J connectivity index is 2.15. The van der Waals surface area contributed by atoms with Gasteiger partial charge in [-0.05, 0) is 36.2 Å². The van der Waals surface area contributed by atoms with Crippen LogP contribution in [0.15, 0.2) is 53.4 Å². The molecule has 0 aromatic heterocycles. The van der Waals surface area contributed by atoms with Crippen LogP contribution in [0, 0.1) is 0 Å². The Hall–Kier alpha value is -1.16. The molecule has 0 bridgehead atoms. The zero-order valence-electron chi connectivity index (χ0n) is 10.4. The molecule has 0 saturated carbocycles. The zero-order valence-corrected chi connectivity index (χ0v) is 12.8. The van der Waals surface area contributed by atoms with E-state index in [-0.39, 0.29) is 0 Å². The molecule has 0 radical (unpaired) electrons. The Labute approximate surface area is 131 Å². The second-order valence-corrected chi connectivity index (χ2v) is 6.32. The smallest absolute Gasteiger partial charge is 0.317 e. The summed E-state index contributed by atoms with van der Waals surface area (Å²) in [5, 5.41) is 9.80. The predicted octanol–water partition coefficient (Wildman–Crippen LogP) is 4.78. The van der Waals surface area contributed by atoms with Gasteiger partial charge in [0.25, 0.3) is 0 Å². The lowest BCUT2D eigenvalue weighted by molar-refractivity contribution is -0.136. The fourth-order valence-corrected chi connectivity index (χ4v) is 3.22. The first-order valence-electron chi connectivity index (χ1n) is 5.94. The van der Waals surface area contributed by atoms with Crippen molar-refractivity contribution in [3.63, 3.8) is 0 Å². The first-order valence-corrected chi connectivity index (χ1v) is 7.58. The minimum atomic E-state index is -0.857. The van der Waals surface area contributed by atoms with Gasteiger partial charge < -0.3 is 5.11 Å². The topological polar surface area (TPSA) is 37.3 Å². The Morgan fingerprint density at radius 1 is 1.15 bits per heavy atom. The number of benzene rings is 2. The summed E-state index contributed by atoms with van der Waals surface area (Å²) in [6, 6.07) is 14.6. The van der Waals surface area contributed by atoms with Crippen LogP contribution >= 0.6 is 35.0 Å². The molecule has 1 N–H and O–H groups in total. The third kappa shape index (κ3) is 4.17. The van der Waals surface area contributed by atoms with E-state index in [1.54, 1.807) is 18.2 Å². The summed E-state index contributed by atoms with van der Waals surface area (Å²) < 4.78 is 0. The molecule has 0 heterocycles. The van der Waals surface area contributed by atoms with Crippen molar-refractivity contribution in [2.45, 2.75) is 16.6 Å². The van der Waals surface area contributed by atoms with Crippen molar-refractivity contribution in [1.82, 2.24) is 0 Å². The molecule has 1 atom stereocenters. The van der Waals surface area contributed by atoms with Crippen LogP contribution in [0.25, 0.3) is 0 Å². The number of carboxylic acids is 1. The first-order chi connectivity index (χ1) is 9.56. The number of rotatable bonds is 5. The van der Waals surface area contributed by atoms with E-state index in [0.29, 0.717) is 16.5 Å². The van der Waals surface area contributed by atoms with Gasteiger partial charge in [-0.15, -0.1) is 11.8 Å². The average molecular weight is 327 g/mol. The van der Waals surface area contributed by atoms with Crippen molar-refractivity contribution in [3.8, 4) is 0 Å². The van der Waals surface area contributed by atoms with Gasteiger partial charge in [-0.1, -0.05) is 47.5 Å². The predicted molar refractivity (Wildman–Crippen MR) is 83.9 cm³/mol. The number of halogens is 2. The van der Waals surface area contributed by atoms with Crippen LogP contribution in [0.2, 0.25) is 10.0 Å². The van der Waals surface area contributed by atoms with E-state index >= 15 is 0 Å². The second-order valence-electron chi connectivity index (χ2n) is 4.20. The Morgan fingerprint density at radius 2 is 1.85 bits per heavy atom. The Kier molecular flexibility index (Phi) is 5.35. The number of carbonyl (C=O) groups is 1. The Bertz CT molecular complexity index is 602. The molecule has 2 nitrogen and oxygen atoms in total. The number of hydrogen-bond acceptors (Lipinski definition) is 2. The molecule has 2 aromatic rings. The molecule has 5 heteroatoms. The molecular weight excluding hydrogens is 315 g/mol. The van der Waals surface area contributed by atoms with Crippen molar-refractivity contribution in [3.05, 3.63) is 64.1 Å². The van der Waals surface area contributed by atoms with Gasteiger partial charge in [0.2, 0.25) is 0 Å². The molecule has 104 valence electrons. The molecule has 0 amide bonds. The number of thioether (sulfide) groups is 1. The lowest BCUT2D eigenvalue weighted by Gasteiger charge is -2.13. The van der Waals surface area contributed by atoms with Gasteiger partial charge in [-0.3, -0.25) is 4.79 Å². The average Bonchev–Trinajstić information content (AvgIpc) is 2.42. The van der Waals surface area contributed by atoms with Crippen LogP contribution in [0.1, 0.15) is 5.56 Å². The normalized spacial score (nSPS) is 12.1. The SMILES string of the molecule is O=C(O)[C@@H](Cc1ccc(Cl)cc1Cl)Sc1ccccc1. The summed E-state index contributed by atoms with van der Waals surface area (Å²) in [4.78, 5) is 12.3. The van der Waals surface area contributed by atoms with Gasteiger partial charge in [0.1, 0.15) is 5.25 Å². The maximum Gasteiger partial charge on any atom is 0.317 e. The summed E-state index contributed by atoms with van der Waals surface area (Å²) in [6.45, 7) is 0. The second kappa shape index (κ2) is 7.02. The molecule has 0 spiro atoms. The molecule has 0 fully saturated rings. The number of carboxylic acid groups (broad SMARTS) is 1. The van der Waals surface area contributed by atoms with Gasteiger partial charge in [-0.2, -0.15) is 0 Å². The highest BCUT2D eigenvalue weighted by atomic mass is 35.5. The summed E-state index contributed by atoms with van der Waals surface area (Å²) in [5.41, 5.74) is 0.784. The largest absolute Gasteiger partial charge is 0.480 e. The van der Waals surface area contributed by atoms with Crippen LogP contribution in [0.5, 0.6) is 0 Å². The van der Waals surface area contributed by atoms with Crippen LogP contribution in [-0.2, 0) is 11.2 Å². The molecule has 0 saturated heterocycles. The molecular formula is C15H12Cl2O2S. The van der Waals surface area contributed by atoms with Gasteiger partial charge in [0.15, 0.2) is 0 Å². The highest BCUT2D eigenvalue weighted by molar-refractivity contribution is 8.00. The zero-order chi connectivity index (χ0) is 14.5. The molecule has 2 rings (SSSR count). The van der Waals surface area contributed by atoms with E-state index in [1.165, 1.54) is 11.8 Å². The third-order valence-electron chi connectivity index (χ3n) is 2.72. The van der Waals surface area contributed by atoms with E-state index < -0.39 is 11.2 Å². The van der Waals surface area contributed by atoms with Crippen LogP contribution in [0.3, 0.4) is 0 Å². The lowest BCUT2D eigenvalue weighted by atomic mass is 10.1. The van der Waals surface area contributed by atoms with Crippen molar-refractivity contribution in [2.24, 2.45) is 0 Å². The van der Waals surface area contributed by atoms with Gasteiger partial charge in [-0.25, -0.2) is 0 Å². The maximum absolute atomic E-state index is 11.4. The van der Waals surface area contributed by atoms with E-state index in [9.17, 15) is 9.90 Å². The van der Waals surface area contributed by atoms with Crippen LogP contribution in [0.4, 0.5) is 0 Å². The highest BCUT2D eigenvalue weighted by Gasteiger charge is 2.20. The van der Waals surface area contributed by atoms with Gasteiger partial charge >= 0.3 is 5.97 Å². The number of hydrogen-bond donors (Lipinski definition) is 1. The van der Waals surface area contributed by atoms with Crippen molar-refractivity contribution in [1.29, 1.82) is 0 Å². The summed E-state index contributed by atoms with van der Waals surface area (Å²) in [5.74, 6) is -0.857. The lowest BCUT2D eigenvalue weighted by Crippen LogP contribution is -2.19. The summed E-state index contributed by atoms with van der Waals surface area (Å²) >= 11 is 13.2. The molecule has 2 aromatic carbocycles. The fourth-order valence-electron chi connectivity index (χ4n) is 1.73. The van der Waals surface area contributed by atoms with Gasteiger partial charge in [0.05, 0.1) is 0 Å². The molecule has 0 aliphatic heterocycles. The molecule has 0 aliphatic carbocycles. The standard InChI is InChI=1S/C15H12Cl2O2S/c16-11-7-6-10(13(17)9-11)8-14(15(18)19)20-12-4-2-1-3-5-12/h1-7,9,14H,8H2,(H,18,19)/t14-/m1/s1. The third-order valence-corrected chi connectivity index (χ3v) is 4.50. The van der Waals surface area contributed by atoms with Crippen molar-refractivity contribution >= 4 is 40.9 Å². The van der Waals surface area contributed by atoms with E-state index in [0.717, 1.165) is 10.5 Å². The fraction of sp³-hybridized carbons (Fsp3) is 0.133. The van der Waals surface area contributed by atoms with Crippen molar-refractivity contribution < 1.29 is 9.90 Å². The van der Waals surface area contributed by atoms with Crippen LogP contribution < -0.4 is 0 Å². The monoisotopic (exact) mass is 326 g/mol. The Morgan fingerprint density at radius 3 is 2.45 bits per heavy atom. The maximum atomic E-state index is 11.4. The van der Waals surface area contributed by atoms with E-state index in [4.69, 9.17) is 23.2 Å². The van der Waals surface area contributed by atoms with Crippen LogP contribution in [-0.4, -0.2) is 16.3 Å². The van der Waals surface area contributed by atoms with Gasteiger partial charge in [0, 0.05) is 14.9 Å².